The lowest BCUT2D eigenvalue weighted by atomic mass is 9.60. The standard InChI is InChI=1S/C23H28ClFN4O4/c1-3-29-18(10-14(2)28-29)21(32)27-22-6-8-23(9-7-22,19(30)12-22)26-20(31)13-33-15-4-5-16(24)17(25)11-15/h4-5,10-11,19,30H,3,6-9,12-13H2,1-2H3,(H,26,31)(H,27,32). The Balaban J connectivity index is 1.36. The minimum Gasteiger partial charge on any atom is -0.484 e. The molecule has 3 aliphatic carbocycles. The highest BCUT2D eigenvalue weighted by Gasteiger charge is 2.55. The number of amides is 2. The topological polar surface area (TPSA) is 105 Å². The Morgan fingerprint density at radius 1 is 1.27 bits per heavy atom. The second-order valence-electron chi connectivity index (χ2n) is 9.01. The molecule has 10 heteroatoms. The van der Waals surface area contributed by atoms with E-state index in [1.165, 1.54) is 12.1 Å². The largest absolute Gasteiger partial charge is 0.484 e. The molecule has 3 saturated carbocycles. The van der Waals surface area contributed by atoms with Gasteiger partial charge in [-0.15, -0.1) is 0 Å². The molecule has 1 aromatic carbocycles. The summed E-state index contributed by atoms with van der Waals surface area (Å²) in [7, 11) is 0. The van der Waals surface area contributed by atoms with Crippen molar-refractivity contribution in [1.82, 2.24) is 20.4 Å². The lowest BCUT2D eigenvalue weighted by Crippen LogP contribution is -2.70. The lowest BCUT2D eigenvalue weighted by molar-refractivity contribution is -0.132. The van der Waals surface area contributed by atoms with Crippen molar-refractivity contribution in [2.75, 3.05) is 6.61 Å². The predicted molar refractivity (Wildman–Crippen MR) is 120 cm³/mol. The number of carbonyl (C=O) groups excluding carboxylic acids is 2. The zero-order valence-electron chi connectivity index (χ0n) is 18.7. The van der Waals surface area contributed by atoms with Crippen LogP contribution in [0.25, 0.3) is 0 Å². The monoisotopic (exact) mass is 478 g/mol. The zero-order chi connectivity index (χ0) is 23.8. The van der Waals surface area contributed by atoms with Crippen molar-refractivity contribution in [2.24, 2.45) is 0 Å². The van der Waals surface area contributed by atoms with E-state index in [2.05, 4.69) is 15.7 Å². The average Bonchev–Trinajstić information content (AvgIpc) is 3.17. The van der Waals surface area contributed by atoms with Crippen LogP contribution in [0.1, 0.15) is 55.2 Å². The van der Waals surface area contributed by atoms with Gasteiger partial charge in [0.15, 0.2) is 6.61 Å². The molecule has 2 bridgehead atoms. The second kappa shape index (κ2) is 8.95. The summed E-state index contributed by atoms with van der Waals surface area (Å²) in [5.74, 6) is -1.03. The normalized spacial score (nSPS) is 26.2. The predicted octanol–water partition coefficient (Wildman–Crippen LogP) is 2.75. The van der Waals surface area contributed by atoms with Crippen molar-refractivity contribution in [2.45, 2.75) is 69.7 Å². The molecule has 3 N–H and O–H groups in total. The fourth-order valence-corrected chi connectivity index (χ4v) is 5.08. The molecule has 1 heterocycles. The molecule has 0 saturated heterocycles. The van der Waals surface area contributed by atoms with Crippen LogP contribution >= 0.6 is 11.6 Å². The number of aliphatic hydroxyl groups is 1. The Labute approximate surface area is 196 Å². The number of aliphatic hydroxyl groups excluding tert-OH is 1. The van der Waals surface area contributed by atoms with E-state index in [-0.39, 0.29) is 23.3 Å². The van der Waals surface area contributed by atoms with Gasteiger partial charge in [-0.3, -0.25) is 14.3 Å². The smallest absolute Gasteiger partial charge is 0.269 e. The SMILES string of the molecule is CCn1nc(C)cc1C(=O)NC12CCC(NC(=O)COc3ccc(Cl)c(F)c3)(CC1)C(O)C2. The van der Waals surface area contributed by atoms with Gasteiger partial charge in [-0.05, 0) is 64.2 Å². The summed E-state index contributed by atoms with van der Waals surface area (Å²) in [6, 6.07) is 5.72. The first kappa shape index (κ1) is 23.5. The molecule has 8 nitrogen and oxygen atoms in total. The number of aromatic nitrogens is 2. The van der Waals surface area contributed by atoms with Crippen molar-refractivity contribution < 1.29 is 23.8 Å². The highest BCUT2D eigenvalue weighted by molar-refractivity contribution is 6.30. The maximum absolute atomic E-state index is 13.5. The molecule has 1 unspecified atom stereocenters. The molecule has 5 rings (SSSR count). The van der Waals surface area contributed by atoms with Crippen LogP contribution in [0.2, 0.25) is 5.02 Å². The Morgan fingerprint density at radius 3 is 2.64 bits per heavy atom. The van der Waals surface area contributed by atoms with Crippen LogP contribution < -0.4 is 15.4 Å². The summed E-state index contributed by atoms with van der Waals surface area (Å²) in [5, 5.41) is 21.3. The van der Waals surface area contributed by atoms with Crippen LogP contribution in [0.5, 0.6) is 5.75 Å². The van der Waals surface area contributed by atoms with E-state index >= 15 is 0 Å². The van der Waals surface area contributed by atoms with Gasteiger partial charge in [-0.1, -0.05) is 11.6 Å². The molecule has 2 amide bonds. The number of carbonyl (C=O) groups is 2. The molecule has 3 aliphatic rings. The van der Waals surface area contributed by atoms with Crippen molar-refractivity contribution >= 4 is 23.4 Å². The number of hydrogen-bond acceptors (Lipinski definition) is 5. The van der Waals surface area contributed by atoms with Gasteiger partial charge in [0.1, 0.15) is 17.3 Å². The fourth-order valence-electron chi connectivity index (χ4n) is 4.97. The van der Waals surface area contributed by atoms with Crippen molar-refractivity contribution in [1.29, 1.82) is 0 Å². The van der Waals surface area contributed by atoms with Crippen LogP contribution in [0.3, 0.4) is 0 Å². The minimum absolute atomic E-state index is 0.0249. The maximum atomic E-state index is 13.5. The summed E-state index contributed by atoms with van der Waals surface area (Å²) < 4.78 is 20.6. The van der Waals surface area contributed by atoms with Crippen LogP contribution in [0.15, 0.2) is 24.3 Å². The van der Waals surface area contributed by atoms with E-state index in [0.29, 0.717) is 44.3 Å². The Morgan fingerprint density at radius 2 is 2.00 bits per heavy atom. The van der Waals surface area contributed by atoms with Crippen molar-refractivity contribution in [3.05, 3.63) is 46.5 Å². The van der Waals surface area contributed by atoms with E-state index in [0.717, 1.165) is 11.8 Å². The highest BCUT2D eigenvalue weighted by Crippen LogP contribution is 2.47. The zero-order valence-corrected chi connectivity index (χ0v) is 19.4. The molecule has 3 fully saturated rings. The number of fused-ring (bicyclic) bond motifs is 3. The Kier molecular flexibility index (Phi) is 6.37. The second-order valence-corrected chi connectivity index (χ2v) is 9.42. The highest BCUT2D eigenvalue weighted by atomic mass is 35.5. The molecule has 2 aromatic rings. The van der Waals surface area contributed by atoms with Gasteiger partial charge in [-0.25, -0.2) is 4.39 Å². The molecular formula is C23H28ClFN4O4. The summed E-state index contributed by atoms with van der Waals surface area (Å²) >= 11 is 5.66. The lowest BCUT2D eigenvalue weighted by Gasteiger charge is -2.56. The van der Waals surface area contributed by atoms with E-state index in [1.54, 1.807) is 10.7 Å². The van der Waals surface area contributed by atoms with Crippen LogP contribution in [0.4, 0.5) is 4.39 Å². The molecule has 0 aliphatic heterocycles. The van der Waals surface area contributed by atoms with Crippen LogP contribution in [-0.4, -0.2) is 50.5 Å². The van der Waals surface area contributed by atoms with Crippen molar-refractivity contribution in [3.63, 3.8) is 0 Å². The number of nitrogens with zero attached hydrogens (tertiary/aromatic N) is 2. The van der Waals surface area contributed by atoms with Gasteiger partial charge in [-0.2, -0.15) is 5.10 Å². The quantitative estimate of drug-likeness (QED) is 0.567. The third kappa shape index (κ3) is 4.70. The van der Waals surface area contributed by atoms with Gasteiger partial charge in [0.2, 0.25) is 0 Å². The third-order valence-electron chi connectivity index (χ3n) is 6.78. The first-order chi connectivity index (χ1) is 15.7. The van der Waals surface area contributed by atoms with Crippen LogP contribution in [0, 0.1) is 12.7 Å². The number of rotatable bonds is 7. The average molecular weight is 479 g/mol. The van der Waals surface area contributed by atoms with Gasteiger partial charge in [0, 0.05) is 18.2 Å². The van der Waals surface area contributed by atoms with E-state index in [1.807, 2.05) is 13.8 Å². The molecule has 1 atom stereocenters. The first-order valence-corrected chi connectivity index (χ1v) is 11.5. The van der Waals surface area contributed by atoms with Crippen molar-refractivity contribution in [3.8, 4) is 5.75 Å². The minimum atomic E-state index is -0.810. The van der Waals surface area contributed by atoms with Gasteiger partial charge < -0.3 is 20.5 Å². The number of hydrogen-bond donors (Lipinski definition) is 3. The Bertz CT molecular complexity index is 1060. The summed E-state index contributed by atoms with van der Waals surface area (Å²) in [5.41, 5.74) is -0.000683. The van der Waals surface area contributed by atoms with Gasteiger partial charge in [0.25, 0.3) is 11.8 Å². The molecule has 0 spiro atoms. The molecule has 178 valence electrons. The number of aryl methyl sites for hydroxylation is 2. The van der Waals surface area contributed by atoms with Gasteiger partial charge >= 0.3 is 0 Å². The molecular weight excluding hydrogens is 451 g/mol. The summed E-state index contributed by atoms with van der Waals surface area (Å²) in [6.07, 6.45) is 1.87. The molecule has 33 heavy (non-hydrogen) atoms. The maximum Gasteiger partial charge on any atom is 0.269 e. The number of benzene rings is 1. The van der Waals surface area contributed by atoms with E-state index in [4.69, 9.17) is 16.3 Å². The summed E-state index contributed by atoms with van der Waals surface area (Å²) in [4.78, 5) is 25.5. The van der Waals surface area contributed by atoms with Gasteiger partial charge in [0.05, 0.1) is 22.4 Å². The third-order valence-corrected chi connectivity index (χ3v) is 7.09. The number of halogens is 2. The Hall–Kier alpha value is -2.65. The molecule has 0 radical (unpaired) electrons. The van der Waals surface area contributed by atoms with E-state index < -0.39 is 28.9 Å². The van der Waals surface area contributed by atoms with E-state index in [9.17, 15) is 19.1 Å². The fraction of sp³-hybridized carbons (Fsp3) is 0.522. The number of nitrogens with one attached hydrogen (secondary N) is 2. The number of ether oxygens (including phenoxy) is 1. The summed E-state index contributed by atoms with van der Waals surface area (Å²) in [6.45, 7) is 4.05. The van der Waals surface area contributed by atoms with Crippen LogP contribution in [-0.2, 0) is 11.3 Å². The first-order valence-electron chi connectivity index (χ1n) is 11.1. The molecule has 1 aromatic heterocycles.